The highest BCUT2D eigenvalue weighted by Gasteiger charge is 2.51. The van der Waals surface area contributed by atoms with Gasteiger partial charge in [-0.05, 0) is 12.8 Å². The fourth-order valence-electron chi connectivity index (χ4n) is 3.13. The van der Waals surface area contributed by atoms with E-state index in [2.05, 4.69) is 13.0 Å². The summed E-state index contributed by atoms with van der Waals surface area (Å²) in [6.45, 7) is 3.59. The Morgan fingerprint density at radius 1 is 1.33 bits per heavy atom. The number of hydrogen-bond acceptors (Lipinski definition) is 3. The molecule has 0 unspecified atom stereocenters. The van der Waals surface area contributed by atoms with E-state index in [1.807, 2.05) is 0 Å². The summed E-state index contributed by atoms with van der Waals surface area (Å²) >= 11 is 0. The van der Waals surface area contributed by atoms with Crippen molar-refractivity contribution < 1.29 is 14.6 Å². The minimum atomic E-state index is -0.352. The van der Waals surface area contributed by atoms with Crippen molar-refractivity contribution in [3.63, 3.8) is 0 Å². The molecule has 1 aliphatic heterocycles. The van der Waals surface area contributed by atoms with E-state index >= 15 is 0 Å². The van der Waals surface area contributed by atoms with Crippen LogP contribution in [0.4, 0.5) is 0 Å². The Labute approximate surface area is 90.1 Å². The maximum Gasteiger partial charge on any atom is 0.172 e. The van der Waals surface area contributed by atoms with Crippen molar-refractivity contribution in [3.8, 4) is 0 Å². The van der Waals surface area contributed by atoms with Gasteiger partial charge in [-0.15, -0.1) is 0 Å². The van der Waals surface area contributed by atoms with Crippen LogP contribution in [0.5, 0.6) is 0 Å². The van der Waals surface area contributed by atoms with Crippen LogP contribution in [0, 0.1) is 5.41 Å². The van der Waals surface area contributed by atoms with Crippen LogP contribution in [0.3, 0.4) is 0 Å². The Bertz CT molecular complexity index is 304. The van der Waals surface area contributed by atoms with Crippen molar-refractivity contribution in [2.75, 3.05) is 13.2 Å². The molecule has 0 aromatic heterocycles. The molecule has 0 amide bonds. The number of hydrogen-bond donors (Lipinski definition) is 1. The molecule has 2 fully saturated rings. The second-order valence-corrected chi connectivity index (χ2v) is 5.18. The van der Waals surface area contributed by atoms with Gasteiger partial charge < -0.3 is 14.6 Å². The highest BCUT2D eigenvalue weighted by Crippen LogP contribution is 2.53. The lowest BCUT2D eigenvalue weighted by molar-refractivity contribution is -0.180. The molecular formula is C12H18O3. The molecule has 15 heavy (non-hydrogen) atoms. The smallest absolute Gasteiger partial charge is 0.172 e. The molecule has 1 N–H and O–H groups in total. The van der Waals surface area contributed by atoms with Gasteiger partial charge in [0.25, 0.3) is 0 Å². The van der Waals surface area contributed by atoms with E-state index in [4.69, 9.17) is 9.47 Å². The van der Waals surface area contributed by atoms with Gasteiger partial charge in [0.1, 0.15) is 0 Å². The van der Waals surface area contributed by atoms with E-state index in [0.29, 0.717) is 13.2 Å². The molecule has 1 saturated carbocycles. The van der Waals surface area contributed by atoms with E-state index in [-0.39, 0.29) is 17.3 Å². The van der Waals surface area contributed by atoms with Crippen molar-refractivity contribution in [1.82, 2.24) is 0 Å². The molecule has 3 heteroatoms. The van der Waals surface area contributed by atoms with Crippen LogP contribution >= 0.6 is 0 Å². The fourth-order valence-corrected chi connectivity index (χ4v) is 3.13. The van der Waals surface area contributed by atoms with Crippen LogP contribution in [0.2, 0.25) is 0 Å². The van der Waals surface area contributed by atoms with E-state index in [0.717, 1.165) is 25.7 Å². The van der Waals surface area contributed by atoms with Gasteiger partial charge in [-0.3, -0.25) is 0 Å². The van der Waals surface area contributed by atoms with Crippen LogP contribution in [0.25, 0.3) is 0 Å². The third kappa shape index (κ3) is 1.30. The van der Waals surface area contributed by atoms with Crippen LogP contribution < -0.4 is 0 Å². The zero-order chi connectivity index (χ0) is 10.5. The van der Waals surface area contributed by atoms with Gasteiger partial charge in [0.2, 0.25) is 0 Å². The first-order valence-corrected chi connectivity index (χ1v) is 5.80. The lowest BCUT2D eigenvalue weighted by atomic mass is 9.69. The van der Waals surface area contributed by atoms with Crippen molar-refractivity contribution in [1.29, 1.82) is 0 Å². The molecule has 2 aliphatic carbocycles. The molecule has 3 nitrogen and oxygen atoms in total. The zero-order valence-electron chi connectivity index (χ0n) is 9.16. The number of ether oxygens (including phenoxy) is 2. The molecule has 0 aromatic rings. The van der Waals surface area contributed by atoms with Crippen LogP contribution in [-0.4, -0.2) is 30.2 Å². The van der Waals surface area contributed by atoms with Crippen LogP contribution in [-0.2, 0) is 9.47 Å². The Balaban J connectivity index is 1.85. The molecule has 0 bridgehead atoms. The average molecular weight is 210 g/mol. The maximum absolute atomic E-state index is 9.98. The zero-order valence-corrected chi connectivity index (χ0v) is 9.16. The van der Waals surface area contributed by atoms with Gasteiger partial charge >= 0.3 is 0 Å². The second-order valence-electron chi connectivity index (χ2n) is 5.18. The van der Waals surface area contributed by atoms with Gasteiger partial charge in [0.05, 0.1) is 19.3 Å². The van der Waals surface area contributed by atoms with Crippen molar-refractivity contribution >= 4 is 0 Å². The maximum atomic E-state index is 9.98. The summed E-state index contributed by atoms with van der Waals surface area (Å²) in [6.07, 6.45) is 5.50. The predicted molar refractivity (Wildman–Crippen MR) is 55.3 cm³/mol. The minimum Gasteiger partial charge on any atom is -0.392 e. The van der Waals surface area contributed by atoms with Crippen LogP contribution in [0.1, 0.15) is 32.6 Å². The first-order valence-electron chi connectivity index (χ1n) is 5.80. The number of rotatable bonds is 0. The standard InChI is InChI=1S/C12H18O3/c1-11-4-5-12(14-6-7-15-12)8-9(11)2-3-10(11)13/h2,10,13H,3-8H2,1H3/t10-,11-/m0/s1. The Kier molecular flexibility index (Phi) is 2.00. The van der Waals surface area contributed by atoms with Gasteiger partial charge in [-0.1, -0.05) is 18.6 Å². The highest BCUT2D eigenvalue weighted by molar-refractivity contribution is 5.26. The predicted octanol–water partition coefficient (Wildman–Crippen LogP) is 1.61. The second kappa shape index (κ2) is 3.06. The largest absolute Gasteiger partial charge is 0.392 e. The minimum absolute atomic E-state index is 0.0133. The third-order valence-corrected chi connectivity index (χ3v) is 4.36. The van der Waals surface area contributed by atoms with E-state index in [1.165, 1.54) is 5.57 Å². The number of fused-ring (bicyclic) bond motifs is 1. The molecule has 84 valence electrons. The number of aliphatic hydroxyl groups is 1. The normalized spacial score (nSPS) is 43.1. The summed E-state index contributed by atoms with van der Waals surface area (Å²) in [6, 6.07) is 0. The van der Waals surface area contributed by atoms with Gasteiger partial charge in [-0.25, -0.2) is 0 Å². The van der Waals surface area contributed by atoms with Crippen molar-refractivity contribution in [2.45, 2.75) is 44.5 Å². The highest BCUT2D eigenvalue weighted by atomic mass is 16.7. The van der Waals surface area contributed by atoms with E-state index in [9.17, 15) is 5.11 Å². The third-order valence-electron chi connectivity index (χ3n) is 4.36. The molecule has 3 aliphatic rings. The summed E-state index contributed by atoms with van der Waals surface area (Å²) in [5.41, 5.74) is 1.32. The quantitative estimate of drug-likeness (QED) is 0.617. The molecule has 0 aromatic carbocycles. The SMILES string of the molecule is C[C@]12CCC3(CC1=CC[C@@H]2O)OCCO3. The first-order chi connectivity index (χ1) is 7.15. The van der Waals surface area contributed by atoms with Crippen molar-refractivity contribution in [2.24, 2.45) is 5.41 Å². The summed E-state index contributed by atoms with van der Waals surface area (Å²) in [4.78, 5) is 0. The van der Waals surface area contributed by atoms with Crippen LogP contribution in [0.15, 0.2) is 11.6 Å². The summed E-state index contributed by atoms with van der Waals surface area (Å²) in [7, 11) is 0. The average Bonchev–Trinajstić information content (AvgIpc) is 2.78. The van der Waals surface area contributed by atoms with E-state index < -0.39 is 0 Å². The molecule has 1 saturated heterocycles. The van der Waals surface area contributed by atoms with Gasteiger partial charge in [0, 0.05) is 18.3 Å². The topological polar surface area (TPSA) is 38.7 Å². The lowest BCUT2D eigenvalue weighted by Gasteiger charge is -2.43. The lowest BCUT2D eigenvalue weighted by Crippen LogP contribution is -2.43. The van der Waals surface area contributed by atoms with Gasteiger partial charge in [-0.2, -0.15) is 0 Å². The molecular weight excluding hydrogens is 192 g/mol. The first kappa shape index (κ1) is 9.82. The Morgan fingerprint density at radius 3 is 2.80 bits per heavy atom. The molecule has 0 radical (unpaired) electrons. The number of aliphatic hydroxyl groups excluding tert-OH is 1. The monoisotopic (exact) mass is 210 g/mol. The fraction of sp³-hybridized carbons (Fsp3) is 0.833. The summed E-state index contributed by atoms with van der Waals surface area (Å²) in [5.74, 6) is -0.352. The summed E-state index contributed by atoms with van der Waals surface area (Å²) < 4.78 is 11.5. The Hall–Kier alpha value is -0.380. The van der Waals surface area contributed by atoms with Crippen molar-refractivity contribution in [3.05, 3.63) is 11.6 Å². The molecule has 2 atom stereocenters. The Morgan fingerprint density at radius 2 is 2.07 bits per heavy atom. The van der Waals surface area contributed by atoms with Gasteiger partial charge in [0.15, 0.2) is 5.79 Å². The van der Waals surface area contributed by atoms with E-state index in [1.54, 1.807) is 0 Å². The molecule has 1 heterocycles. The summed E-state index contributed by atoms with van der Waals surface area (Å²) in [5, 5.41) is 9.98. The molecule has 1 spiro atoms. The molecule has 3 rings (SSSR count).